The highest BCUT2D eigenvalue weighted by atomic mass is 19.3. The number of carbonyl (C=O) groups excluding carboxylic acids is 1. The molecule has 0 saturated heterocycles. The standard InChI is InChI=1S/C14H15F2N7O/c1-2-21-7-10(5-18-21)8-22-9-11(6-19-22)20-13(24)12-3-4-17-23(12)14(15)16/h3-7,9,14H,2,8H2,1H3,(H,20,24). The highest BCUT2D eigenvalue weighted by Crippen LogP contribution is 2.14. The molecule has 0 atom stereocenters. The molecule has 0 radical (unpaired) electrons. The molecule has 24 heavy (non-hydrogen) atoms. The quantitative estimate of drug-likeness (QED) is 0.747. The van der Waals surface area contributed by atoms with E-state index in [2.05, 4.69) is 20.6 Å². The lowest BCUT2D eigenvalue weighted by molar-refractivity contribution is 0.0520. The number of hydrogen-bond acceptors (Lipinski definition) is 4. The molecule has 0 bridgehead atoms. The Hall–Kier alpha value is -3.04. The third kappa shape index (κ3) is 3.31. The van der Waals surface area contributed by atoms with E-state index in [1.54, 1.807) is 21.8 Å². The zero-order chi connectivity index (χ0) is 17.1. The van der Waals surface area contributed by atoms with Crippen LogP contribution in [0.1, 0.15) is 29.5 Å². The summed E-state index contributed by atoms with van der Waals surface area (Å²) in [6, 6.07) is 1.23. The van der Waals surface area contributed by atoms with E-state index in [0.29, 0.717) is 16.9 Å². The van der Waals surface area contributed by atoms with Crippen LogP contribution in [0.5, 0.6) is 0 Å². The van der Waals surface area contributed by atoms with Crippen LogP contribution in [-0.2, 0) is 13.1 Å². The number of hydrogen-bond donors (Lipinski definition) is 1. The molecular weight excluding hydrogens is 320 g/mol. The largest absolute Gasteiger partial charge is 0.333 e. The van der Waals surface area contributed by atoms with E-state index >= 15 is 0 Å². The third-order valence-electron chi connectivity index (χ3n) is 3.33. The molecule has 3 rings (SSSR count). The highest BCUT2D eigenvalue weighted by Gasteiger charge is 2.18. The van der Waals surface area contributed by atoms with Gasteiger partial charge >= 0.3 is 6.55 Å². The first-order valence-corrected chi connectivity index (χ1v) is 7.23. The fourth-order valence-corrected chi connectivity index (χ4v) is 2.21. The Balaban J connectivity index is 1.67. The number of aryl methyl sites for hydroxylation is 1. The molecule has 0 aliphatic carbocycles. The van der Waals surface area contributed by atoms with Crippen LogP contribution in [0.25, 0.3) is 0 Å². The summed E-state index contributed by atoms with van der Waals surface area (Å²) in [5.74, 6) is -0.675. The van der Waals surface area contributed by atoms with Crippen molar-refractivity contribution < 1.29 is 13.6 Å². The number of carbonyl (C=O) groups is 1. The molecule has 3 heterocycles. The maximum Gasteiger partial charge on any atom is 0.333 e. The van der Waals surface area contributed by atoms with Gasteiger partial charge in [0.05, 0.1) is 24.6 Å². The molecule has 0 saturated carbocycles. The Morgan fingerprint density at radius 2 is 2.00 bits per heavy atom. The van der Waals surface area contributed by atoms with Crippen LogP contribution in [0.15, 0.2) is 37.1 Å². The van der Waals surface area contributed by atoms with Crippen molar-refractivity contribution in [2.75, 3.05) is 5.32 Å². The van der Waals surface area contributed by atoms with Crippen molar-refractivity contribution in [2.45, 2.75) is 26.6 Å². The summed E-state index contributed by atoms with van der Waals surface area (Å²) < 4.78 is 29.2. The van der Waals surface area contributed by atoms with Gasteiger partial charge in [-0.25, -0.2) is 0 Å². The van der Waals surface area contributed by atoms with E-state index in [0.717, 1.165) is 18.3 Å². The lowest BCUT2D eigenvalue weighted by Crippen LogP contribution is -2.18. The van der Waals surface area contributed by atoms with E-state index in [4.69, 9.17) is 0 Å². The number of halogens is 2. The maximum absolute atomic E-state index is 12.7. The summed E-state index contributed by atoms with van der Waals surface area (Å²) in [5.41, 5.74) is 1.15. The van der Waals surface area contributed by atoms with E-state index in [1.807, 2.05) is 13.1 Å². The Labute approximate surface area is 135 Å². The minimum atomic E-state index is -2.88. The van der Waals surface area contributed by atoms with Crippen LogP contribution in [0.2, 0.25) is 0 Å². The monoisotopic (exact) mass is 335 g/mol. The third-order valence-corrected chi connectivity index (χ3v) is 3.33. The average molecular weight is 335 g/mol. The molecule has 126 valence electrons. The van der Waals surface area contributed by atoms with Gasteiger partial charge in [0.15, 0.2) is 0 Å². The van der Waals surface area contributed by atoms with Crippen molar-refractivity contribution >= 4 is 11.6 Å². The Bertz CT molecular complexity index is 836. The summed E-state index contributed by atoms with van der Waals surface area (Å²) in [4.78, 5) is 12.1. The second kappa shape index (κ2) is 6.60. The van der Waals surface area contributed by atoms with Crippen LogP contribution < -0.4 is 5.32 Å². The van der Waals surface area contributed by atoms with Crippen LogP contribution >= 0.6 is 0 Å². The lowest BCUT2D eigenvalue weighted by atomic mass is 10.3. The smallest absolute Gasteiger partial charge is 0.318 e. The van der Waals surface area contributed by atoms with Gasteiger partial charge in [0.1, 0.15) is 5.69 Å². The van der Waals surface area contributed by atoms with Gasteiger partial charge in [0, 0.05) is 30.7 Å². The molecule has 0 aliphatic heterocycles. The zero-order valence-corrected chi connectivity index (χ0v) is 12.8. The summed E-state index contributed by atoms with van der Waals surface area (Å²) in [5, 5.41) is 14.3. The van der Waals surface area contributed by atoms with E-state index in [9.17, 15) is 13.6 Å². The van der Waals surface area contributed by atoms with E-state index < -0.39 is 12.5 Å². The van der Waals surface area contributed by atoms with Crippen molar-refractivity contribution in [1.29, 1.82) is 0 Å². The topological polar surface area (TPSA) is 82.6 Å². The van der Waals surface area contributed by atoms with Gasteiger partial charge in [-0.2, -0.15) is 28.8 Å². The van der Waals surface area contributed by atoms with Crippen molar-refractivity contribution in [2.24, 2.45) is 0 Å². The number of rotatable bonds is 6. The normalized spacial score (nSPS) is 11.2. The molecular formula is C14H15F2N7O. The number of nitrogens with one attached hydrogen (secondary N) is 1. The van der Waals surface area contributed by atoms with Gasteiger partial charge in [-0.1, -0.05) is 0 Å². The molecule has 3 aromatic heterocycles. The summed E-state index contributed by atoms with van der Waals surface area (Å²) in [7, 11) is 0. The van der Waals surface area contributed by atoms with E-state index in [1.165, 1.54) is 12.3 Å². The van der Waals surface area contributed by atoms with Crippen LogP contribution in [-0.4, -0.2) is 35.2 Å². The lowest BCUT2D eigenvalue weighted by Gasteiger charge is -2.05. The first kappa shape index (κ1) is 15.8. The van der Waals surface area contributed by atoms with Crippen molar-refractivity contribution in [3.63, 3.8) is 0 Å². The minimum absolute atomic E-state index is 0.220. The van der Waals surface area contributed by atoms with E-state index in [-0.39, 0.29) is 5.69 Å². The molecule has 10 heteroatoms. The Morgan fingerprint density at radius 1 is 1.21 bits per heavy atom. The molecule has 8 nitrogen and oxygen atoms in total. The number of alkyl halides is 2. The SMILES string of the molecule is CCn1cc(Cn2cc(NC(=O)c3ccnn3C(F)F)cn2)cn1. The zero-order valence-electron chi connectivity index (χ0n) is 12.8. The van der Waals surface area contributed by atoms with Crippen molar-refractivity contribution in [3.05, 3.63) is 48.3 Å². The van der Waals surface area contributed by atoms with Gasteiger partial charge in [0.2, 0.25) is 0 Å². The molecule has 0 spiro atoms. The Kier molecular flexibility index (Phi) is 4.36. The second-order valence-corrected chi connectivity index (χ2v) is 5.02. The highest BCUT2D eigenvalue weighted by molar-refractivity contribution is 6.02. The predicted octanol–water partition coefficient (Wildman–Crippen LogP) is 1.99. The maximum atomic E-state index is 12.7. The summed E-state index contributed by atoms with van der Waals surface area (Å²) in [6.45, 7) is 0.379. The molecule has 1 amide bonds. The van der Waals surface area contributed by atoms with Crippen molar-refractivity contribution in [3.8, 4) is 0 Å². The predicted molar refractivity (Wildman–Crippen MR) is 80.7 cm³/mol. The molecule has 3 aromatic rings. The van der Waals surface area contributed by atoms with Crippen LogP contribution in [0, 0.1) is 0 Å². The molecule has 0 aliphatic rings. The number of nitrogens with zero attached hydrogens (tertiary/aromatic N) is 6. The molecule has 0 aromatic carbocycles. The van der Waals surface area contributed by atoms with Gasteiger partial charge in [0.25, 0.3) is 5.91 Å². The van der Waals surface area contributed by atoms with Gasteiger partial charge in [-0.05, 0) is 13.0 Å². The first-order valence-electron chi connectivity index (χ1n) is 7.23. The van der Waals surface area contributed by atoms with Crippen LogP contribution in [0.4, 0.5) is 14.5 Å². The van der Waals surface area contributed by atoms with Crippen molar-refractivity contribution in [1.82, 2.24) is 29.3 Å². The molecule has 1 N–H and O–H groups in total. The first-order chi connectivity index (χ1) is 11.6. The molecule has 0 unspecified atom stereocenters. The average Bonchev–Trinajstić information content (AvgIpc) is 3.27. The van der Waals surface area contributed by atoms with Gasteiger partial charge < -0.3 is 5.32 Å². The molecule has 0 fully saturated rings. The second-order valence-electron chi connectivity index (χ2n) is 5.02. The summed E-state index contributed by atoms with van der Waals surface area (Å²) in [6.07, 6.45) is 7.86. The number of aromatic nitrogens is 6. The number of amides is 1. The fourth-order valence-electron chi connectivity index (χ4n) is 2.21. The summed E-state index contributed by atoms with van der Waals surface area (Å²) >= 11 is 0. The van der Waals surface area contributed by atoms with Gasteiger partial charge in [-0.15, -0.1) is 0 Å². The number of anilines is 1. The van der Waals surface area contributed by atoms with Gasteiger partial charge in [-0.3, -0.25) is 14.2 Å². The fraction of sp³-hybridized carbons (Fsp3) is 0.286. The van der Waals surface area contributed by atoms with Crippen LogP contribution in [0.3, 0.4) is 0 Å². The minimum Gasteiger partial charge on any atom is -0.318 e. The Morgan fingerprint density at radius 3 is 2.71 bits per heavy atom.